The van der Waals surface area contributed by atoms with E-state index in [1.54, 1.807) is 36.7 Å². The van der Waals surface area contributed by atoms with Crippen molar-refractivity contribution in [3.63, 3.8) is 0 Å². The molecule has 7 N–H and O–H groups in total. The molecule has 0 unspecified atom stereocenters. The number of hydrogen-bond donors (Lipinski definition) is 4. The van der Waals surface area contributed by atoms with Gasteiger partial charge in [-0.1, -0.05) is 6.07 Å². The third-order valence-corrected chi connectivity index (χ3v) is 6.56. The van der Waals surface area contributed by atoms with Crippen LogP contribution in [0.3, 0.4) is 0 Å². The highest BCUT2D eigenvalue weighted by Crippen LogP contribution is 2.29. The summed E-state index contributed by atoms with van der Waals surface area (Å²) in [5.41, 5.74) is 9.20. The molecule has 38 heavy (non-hydrogen) atoms. The lowest BCUT2D eigenvalue weighted by Gasteiger charge is -2.35. The van der Waals surface area contributed by atoms with E-state index < -0.39 is 5.91 Å². The highest BCUT2D eigenvalue weighted by molar-refractivity contribution is 6.13. The minimum absolute atomic E-state index is 0.0490. The first-order valence-corrected chi connectivity index (χ1v) is 12.8. The van der Waals surface area contributed by atoms with Crippen molar-refractivity contribution in [2.24, 2.45) is 27.5 Å². The number of hydrogen-bond acceptors (Lipinski definition) is 10. The van der Waals surface area contributed by atoms with Gasteiger partial charge in [0.25, 0.3) is 5.91 Å². The predicted octanol–water partition coefficient (Wildman–Crippen LogP) is 1.22. The Labute approximate surface area is 223 Å². The molecule has 0 radical (unpaired) electrons. The second kappa shape index (κ2) is 12.0. The molecule has 0 spiro atoms. The van der Waals surface area contributed by atoms with Crippen molar-refractivity contribution in [3.05, 3.63) is 53.6 Å². The first-order valence-electron chi connectivity index (χ1n) is 12.8. The van der Waals surface area contributed by atoms with Gasteiger partial charge in [0.2, 0.25) is 0 Å². The van der Waals surface area contributed by atoms with E-state index in [0.717, 1.165) is 55.8 Å². The number of amides is 1. The van der Waals surface area contributed by atoms with Crippen LogP contribution < -0.4 is 27.6 Å². The number of rotatable bonds is 8. The van der Waals surface area contributed by atoms with Crippen LogP contribution in [0.4, 0.5) is 11.5 Å². The molecule has 1 saturated heterocycles. The fourth-order valence-electron chi connectivity index (χ4n) is 4.03. The Morgan fingerprint density at radius 2 is 1.95 bits per heavy atom. The highest BCUT2D eigenvalue weighted by atomic mass is 16.1. The predicted molar refractivity (Wildman–Crippen MR) is 152 cm³/mol. The topological polar surface area (TPSA) is 167 Å². The SMILES string of the molecule is CC(C)N(N)/C(=N\N)c1cccc(NC(=O)c2cc(/C(C=NC3CC3)=C/N)c(N3CCN(C)CC3)cn2)n1. The van der Waals surface area contributed by atoms with Gasteiger partial charge in [0.1, 0.15) is 17.2 Å². The fourth-order valence-corrected chi connectivity index (χ4v) is 4.03. The van der Waals surface area contributed by atoms with Crippen LogP contribution in [0, 0.1) is 0 Å². The summed E-state index contributed by atoms with van der Waals surface area (Å²) in [7, 11) is 2.11. The number of amidine groups is 1. The Balaban J connectivity index is 1.61. The van der Waals surface area contributed by atoms with E-state index >= 15 is 0 Å². The number of aliphatic imine (C=N–C) groups is 1. The summed E-state index contributed by atoms with van der Waals surface area (Å²) in [6.07, 6.45) is 7.26. The summed E-state index contributed by atoms with van der Waals surface area (Å²) >= 11 is 0. The van der Waals surface area contributed by atoms with Gasteiger partial charge in [-0.3, -0.25) is 14.8 Å². The molecule has 2 aliphatic rings. The van der Waals surface area contributed by atoms with Gasteiger partial charge < -0.3 is 26.7 Å². The Bertz CT molecular complexity index is 1230. The average molecular weight is 520 g/mol. The number of hydrazine groups is 1. The zero-order chi connectivity index (χ0) is 27.2. The van der Waals surface area contributed by atoms with Gasteiger partial charge in [-0.05, 0) is 51.9 Å². The lowest BCUT2D eigenvalue weighted by atomic mass is 10.0. The number of nitrogens with two attached hydrogens (primary N) is 3. The number of carbonyl (C=O) groups is 1. The molecular weight excluding hydrogens is 482 g/mol. The zero-order valence-corrected chi connectivity index (χ0v) is 22.2. The van der Waals surface area contributed by atoms with Gasteiger partial charge in [0, 0.05) is 55.8 Å². The van der Waals surface area contributed by atoms with Crippen LogP contribution in [-0.4, -0.2) is 83.1 Å². The van der Waals surface area contributed by atoms with Crippen molar-refractivity contribution < 1.29 is 4.79 Å². The van der Waals surface area contributed by atoms with Crippen LogP contribution in [0.1, 0.15) is 48.4 Å². The minimum atomic E-state index is -0.406. The Morgan fingerprint density at radius 1 is 1.21 bits per heavy atom. The van der Waals surface area contributed by atoms with Crippen LogP contribution in [0.15, 0.2) is 46.8 Å². The smallest absolute Gasteiger partial charge is 0.275 e. The van der Waals surface area contributed by atoms with Crippen molar-refractivity contribution in [2.45, 2.75) is 38.8 Å². The van der Waals surface area contributed by atoms with Gasteiger partial charge in [0.05, 0.1) is 17.9 Å². The Morgan fingerprint density at radius 3 is 2.58 bits per heavy atom. The normalized spacial score (nSPS) is 17.3. The van der Waals surface area contributed by atoms with Crippen LogP contribution in [0.25, 0.3) is 5.57 Å². The van der Waals surface area contributed by atoms with E-state index in [4.69, 9.17) is 17.4 Å². The molecular formula is C26H37N11O. The van der Waals surface area contributed by atoms with Gasteiger partial charge in [0.15, 0.2) is 5.84 Å². The van der Waals surface area contributed by atoms with Crippen LogP contribution in [0.2, 0.25) is 0 Å². The second-order valence-electron chi connectivity index (χ2n) is 9.82. The van der Waals surface area contributed by atoms with Crippen molar-refractivity contribution in [2.75, 3.05) is 43.4 Å². The van der Waals surface area contributed by atoms with E-state index in [9.17, 15) is 4.79 Å². The highest BCUT2D eigenvalue weighted by Gasteiger charge is 2.23. The fraction of sp³-hybridized carbons (Fsp3) is 0.423. The number of hydrazone groups is 1. The molecule has 0 bridgehead atoms. The van der Waals surface area contributed by atoms with Crippen molar-refractivity contribution in [1.82, 2.24) is 19.9 Å². The Hall–Kier alpha value is -4.03. The number of anilines is 2. The van der Waals surface area contributed by atoms with Crippen LogP contribution in [-0.2, 0) is 0 Å². The molecule has 12 nitrogen and oxygen atoms in total. The van der Waals surface area contributed by atoms with E-state index in [0.29, 0.717) is 23.4 Å². The summed E-state index contributed by atoms with van der Waals surface area (Å²) in [6, 6.07) is 7.21. The molecule has 2 aromatic heterocycles. The quantitative estimate of drug-likeness (QED) is 0.173. The van der Waals surface area contributed by atoms with Crippen molar-refractivity contribution in [1.29, 1.82) is 0 Å². The maximum Gasteiger partial charge on any atom is 0.275 e. The first-order chi connectivity index (χ1) is 18.3. The van der Waals surface area contributed by atoms with E-state index in [1.165, 1.54) is 11.2 Å². The molecule has 12 heteroatoms. The summed E-state index contributed by atoms with van der Waals surface area (Å²) in [6.45, 7) is 7.39. The van der Waals surface area contributed by atoms with Gasteiger partial charge in [-0.25, -0.2) is 15.8 Å². The first kappa shape index (κ1) is 27.0. The van der Waals surface area contributed by atoms with Gasteiger partial charge in [-0.2, -0.15) is 5.10 Å². The van der Waals surface area contributed by atoms with Crippen LogP contribution in [0.5, 0.6) is 0 Å². The number of allylic oxidation sites excluding steroid dienone is 1. The number of pyridine rings is 2. The molecule has 2 fully saturated rings. The molecule has 1 saturated carbocycles. The second-order valence-corrected chi connectivity index (χ2v) is 9.82. The standard InChI is InChI=1S/C26H37N11O/c1-17(2)37(29)25(34-28)21-5-4-6-24(32-21)33-26(38)22-13-20(18(14-27)15-30-19-7-8-19)23(16-31-22)36-11-9-35(3)10-12-36/h4-6,13-17,19H,7-12,27-29H2,1-3H3,(H,32,33,38)/b18-14+,30-15?,34-25-. The maximum absolute atomic E-state index is 13.3. The van der Waals surface area contributed by atoms with Gasteiger partial charge >= 0.3 is 0 Å². The monoisotopic (exact) mass is 519 g/mol. The zero-order valence-electron chi connectivity index (χ0n) is 22.2. The number of nitrogens with one attached hydrogen (secondary N) is 1. The summed E-state index contributed by atoms with van der Waals surface area (Å²) < 4.78 is 0. The summed E-state index contributed by atoms with van der Waals surface area (Å²) in [4.78, 5) is 31.4. The molecule has 0 atom stereocenters. The average Bonchev–Trinajstić information content (AvgIpc) is 3.75. The molecule has 1 aliphatic carbocycles. The van der Waals surface area contributed by atoms with Gasteiger partial charge in [-0.15, -0.1) is 0 Å². The number of likely N-dealkylation sites (N-methyl/N-ethyl adjacent to an activating group) is 1. The third-order valence-electron chi connectivity index (χ3n) is 6.56. The summed E-state index contributed by atoms with van der Waals surface area (Å²) in [5.74, 6) is 11.9. The lowest BCUT2D eigenvalue weighted by Crippen LogP contribution is -2.44. The summed E-state index contributed by atoms with van der Waals surface area (Å²) in [5, 5.41) is 8.03. The number of aromatic nitrogens is 2. The molecule has 4 rings (SSSR count). The molecule has 2 aromatic rings. The number of nitrogens with zero attached hydrogens (tertiary/aromatic N) is 7. The number of carbonyl (C=O) groups excluding carboxylic acids is 1. The van der Waals surface area contributed by atoms with E-state index in [1.807, 2.05) is 13.8 Å². The van der Waals surface area contributed by atoms with E-state index in [-0.39, 0.29) is 11.7 Å². The minimum Gasteiger partial charge on any atom is -0.404 e. The van der Waals surface area contributed by atoms with Crippen molar-refractivity contribution >= 4 is 35.0 Å². The molecule has 3 heterocycles. The Kier molecular flexibility index (Phi) is 8.54. The molecule has 0 aromatic carbocycles. The third kappa shape index (κ3) is 6.45. The lowest BCUT2D eigenvalue weighted by molar-refractivity contribution is 0.102. The van der Waals surface area contributed by atoms with E-state index in [2.05, 4.69) is 42.2 Å². The molecule has 202 valence electrons. The molecule has 1 amide bonds. The van der Waals surface area contributed by atoms with Crippen molar-refractivity contribution in [3.8, 4) is 0 Å². The largest absolute Gasteiger partial charge is 0.404 e. The number of piperazine rings is 1. The maximum atomic E-state index is 13.3. The van der Waals surface area contributed by atoms with Crippen LogP contribution >= 0.6 is 0 Å². The molecule has 1 aliphatic heterocycles.